The number of aliphatic carboxylic acids is 1. The van der Waals surface area contributed by atoms with Gasteiger partial charge in [-0.15, -0.1) is 0 Å². The van der Waals surface area contributed by atoms with Crippen LogP contribution >= 0.6 is 0 Å². The highest BCUT2D eigenvalue weighted by Gasteiger charge is 2.08. The van der Waals surface area contributed by atoms with E-state index < -0.39 is 17.5 Å². The minimum Gasteiger partial charge on any atom is -0.504 e. The van der Waals surface area contributed by atoms with Crippen molar-refractivity contribution < 1.29 is 25.6 Å². The third-order valence-electron chi connectivity index (χ3n) is 3.92. The third-order valence-corrected chi connectivity index (χ3v) is 3.92. The van der Waals surface area contributed by atoms with Crippen molar-refractivity contribution in [3.8, 4) is 0 Å². The van der Waals surface area contributed by atoms with E-state index >= 15 is 0 Å². The number of rotatable bonds is 15. The molecule has 0 saturated heterocycles. The van der Waals surface area contributed by atoms with Crippen molar-refractivity contribution >= 4 is 5.97 Å². The number of carboxylic acid groups (broad SMARTS) is 1. The van der Waals surface area contributed by atoms with Crippen LogP contribution in [0.2, 0.25) is 0 Å². The molecule has 0 rings (SSSR count). The van der Waals surface area contributed by atoms with Crippen molar-refractivity contribution in [2.24, 2.45) is 0 Å². The van der Waals surface area contributed by atoms with E-state index in [1.165, 1.54) is 76.4 Å². The van der Waals surface area contributed by atoms with E-state index in [2.05, 4.69) is 6.92 Å². The molecule has 0 heterocycles. The van der Waals surface area contributed by atoms with Gasteiger partial charge in [0.05, 0.1) is 0 Å². The average molecular weight is 357 g/mol. The predicted octanol–water partition coefficient (Wildman–Crippen LogP) is 5.39. The van der Waals surface area contributed by atoms with Gasteiger partial charge in [-0.1, -0.05) is 89.4 Å². The van der Waals surface area contributed by atoms with Gasteiger partial charge < -0.3 is 20.8 Å². The average Bonchev–Trinajstić information content (AvgIpc) is 2.57. The van der Waals surface area contributed by atoms with Gasteiger partial charge in [-0.3, -0.25) is 0 Å². The summed E-state index contributed by atoms with van der Waals surface area (Å²) < 4.78 is 0. The topological polar surface area (TPSA) is 109 Å². The number of allylic oxidation sites excluding steroid dienone is 4. The molecule has 25 heavy (non-hydrogen) atoms. The van der Waals surface area contributed by atoms with E-state index in [9.17, 15) is 9.90 Å². The summed E-state index contributed by atoms with van der Waals surface area (Å²) in [4.78, 5) is 10.4. The predicted molar refractivity (Wildman–Crippen MR) is 103 cm³/mol. The molecule has 5 nitrogen and oxygen atoms in total. The van der Waals surface area contributed by atoms with Crippen LogP contribution in [0.1, 0.15) is 84.0 Å². The number of hydrogen-bond donors (Lipinski definition) is 3. The van der Waals surface area contributed by atoms with Gasteiger partial charge >= 0.3 is 5.97 Å². The Morgan fingerprint density at radius 1 is 0.760 bits per heavy atom. The van der Waals surface area contributed by atoms with Crippen LogP contribution < -0.4 is 0 Å². The van der Waals surface area contributed by atoms with Crippen molar-refractivity contribution in [3.63, 3.8) is 0 Å². The zero-order valence-corrected chi connectivity index (χ0v) is 15.5. The number of unbranched alkanes of at least 4 members (excludes halogenated alkanes) is 11. The largest absolute Gasteiger partial charge is 0.504 e. The van der Waals surface area contributed by atoms with Crippen LogP contribution in [0.25, 0.3) is 0 Å². The molecule has 5 heteroatoms. The van der Waals surface area contributed by atoms with Crippen molar-refractivity contribution in [3.05, 3.63) is 35.8 Å². The van der Waals surface area contributed by atoms with Crippen LogP contribution in [-0.2, 0) is 4.79 Å². The second-order valence-corrected chi connectivity index (χ2v) is 6.15. The van der Waals surface area contributed by atoms with Gasteiger partial charge in [0, 0.05) is 0 Å². The molecule has 0 unspecified atom stereocenters. The molecule has 0 bridgehead atoms. The lowest BCUT2D eigenvalue weighted by molar-refractivity contribution is -0.135. The summed E-state index contributed by atoms with van der Waals surface area (Å²) in [7, 11) is 0. The molecule has 0 aromatic heterocycles. The summed E-state index contributed by atoms with van der Waals surface area (Å²) in [5, 5.41) is 26.6. The fraction of sp³-hybridized carbons (Fsp3) is 0.650. The number of carbonyl (C=O) groups is 1. The smallest absolute Gasteiger partial charge is 0.374 e. The standard InChI is InChI=1S/C20H34O4.H2O/c1-2-3-4-5-6-7-8-9-10-11-12-13-14-15-16-17-18(21)19(22)20(23)24;/h14-17,21-22H,2-13H2,1H3,(H,23,24);1H2. The SMILES string of the molecule is CCCCCCCCCCCCCC=CC=CC(O)=C(O)C(=O)O.O. The summed E-state index contributed by atoms with van der Waals surface area (Å²) in [6, 6.07) is 0. The summed E-state index contributed by atoms with van der Waals surface area (Å²) >= 11 is 0. The van der Waals surface area contributed by atoms with Crippen LogP contribution in [0.15, 0.2) is 35.8 Å². The summed E-state index contributed by atoms with van der Waals surface area (Å²) in [6.45, 7) is 2.25. The van der Waals surface area contributed by atoms with Crippen molar-refractivity contribution in [1.82, 2.24) is 0 Å². The zero-order valence-electron chi connectivity index (χ0n) is 15.5. The first kappa shape index (κ1) is 25.5. The van der Waals surface area contributed by atoms with E-state index in [1.54, 1.807) is 6.08 Å². The Morgan fingerprint density at radius 3 is 1.72 bits per heavy atom. The highest BCUT2D eigenvalue weighted by molar-refractivity contribution is 5.84. The number of hydrogen-bond acceptors (Lipinski definition) is 3. The maximum atomic E-state index is 10.4. The third kappa shape index (κ3) is 16.9. The highest BCUT2D eigenvalue weighted by atomic mass is 16.4. The second kappa shape index (κ2) is 18.6. The molecule has 0 fully saturated rings. The van der Waals surface area contributed by atoms with E-state index in [0.29, 0.717) is 0 Å². The van der Waals surface area contributed by atoms with Crippen molar-refractivity contribution in [2.75, 3.05) is 0 Å². The molecule has 0 aromatic rings. The maximum absolute atomic E-state index is 10.4. The highest BCUT2D eigenvalue weighted by Crippen LogP contribution is 2.12. The fourth-order valence-corrected chi connectivity index (χ4v) is 2.44. The Kier molecular flexibility index (Phi) is 19.0. The van der Waals surface area contributed by atoms with Gasteiger partial charge in [0.25, 0.3) is 0 Å². The first-order chi connectivity index (χ1) is 11.6. The first-order valence-electron chi connectivity index (χ1n) is 9.28. The quantitative estimate of drug-likeness (QED) is 0.158. The van der Waals surface area contributed by atoms with Gasteiger partial charge in [0.15, 0.2) is 5.76 Å². The molecule has 146 valence electrons. The van der Waals surface area contributed by atoms with Gasteiger partial charge in [-0.2, -0.15) is 0 Å². The Balaban J connectivity index is 0. The number of aliphatic hydroxyl groups excluding tert-OH is 2. The molecule has 0 aromatic carbocycles. The maximum Gasteiger partial charge on any atom is 0.374 e. The van der Waals surface area contributed by atoms with Gasteiger partial charge in [-0.25, -0.2) is 4.79 Å². The van der Waals surface area contributed by atoms with Crippen LogP contribution in [0.5, 0.6) is 0 Å². The molecule has 0 saturated carbocycles. The summed E-state index contributed by atoms with van der Waals surface area (Å²) in [6.07, 6.45) is 21.9. The first-order valence-corrected chi connectivity index (χ1v) is 9.28. The number of carboxylic acids is 1. The van der Waals surface area contributed by atoms with E-state index in [4.69, 9.17) is 10.2 Å². The molecule has 0 spiro atoms. The van der Waals surface area contributed by atoms with E-state index in [-0.39, 0.29) is 5.48 Å². The lowest BCUT2D eigenvalue weighted by Crippen LogP contribution is -2.02. The normalized spacial score (nSPS) is 12.4. The Morgan fingerprint density at radius 2 is 1.24 bits per heavy atom. The van der Waals surface area contributed by atoms with Gasteiger partial charge in [0.2, 0.25) is 5.76 Å². The molecular weight excluding hydrogens is 320 g/mol. The minimum atomic E-state index is -1.54. The second-order valence-electron chi connectivity index (χ2n) is 6.15. The van der Waals surface area contributed by atoms with E-state index in [1.807, 2.05) is 6.08 Å². The number of aliphatic hydroxyl groups is 2. The van der Waals surface area contributed by atoms with Gasteiger partial charge in [0.1, 0.15) is 0 Å². The van der Waals surface area contributed by atoms with Crippen LogP contribution in [0.4, 0.5) is 0 Å². The minimum absolute atomic E-state index is 0. The van der Waals surface area contributed by atoms with Crippen molar-refractivity contribution in [1.29, 1.82) is 0 Å². The molecule has 0 radical (unpaired) electrons. The Hall–Kier alpha value is -1.75. The molecule has 0 atom stereocenters. The van der Waals surface area contributed by atoms with Crippen LogP contribution in [0.3, 0.4) is 0 Å². The Labute approximate surface area is 152 Å². The molecule has 0 aliphatic rings. The molecular formula is C20H36O5. The summed E-state index contributed by atoms with van der Waals surface area (Å²) in [5.74, 6) is -3.21. The lowest BCUT2D eigenvalue weighted by atomic mass is 10.1. The van der Waals surface area contributed by atoms with E-state index in [0.717, 1.165) is 12.8 Å². The lowest BCUT2D eigenvalue weighted by Gasteiger charge is -2.01. The van der Waals surface area contributed by atoms with Crippen molar-refractivity contribution in [2.45, 2.75) is 84.0 Å². The van der Waals surface area contributed by atoms with Crippen LogP contribution in [-0.4, -0.2) is 26.8 Å². The fourth-order valence-electron chi connectivity index (χ4n) is 2.44. The monoisotopic (exact) mass is 356 g/mol. The molecule has 0 aliphatic heterocycles. The zero-order chi connectivity index (χ0) is 18.0. The summed E-state index contributed by atoms with van der Waals surface area (Å²) in [5.41, 5.74) is 0. The van der Waals surface area contributed by atoms with Gasteiger partial charge in [-0.05, 0) is 18.9 Å². The molecule has 0 aliphatic carbocycles. The van der Waals surface area contributed by atoms with Crippen LogP contribution in [0, 0.1) is 0 Å². The Bertz CT molecular complexity index is 410. The molecule has 0 amide bonds. The molecule has 5 N–H and O–H groups in total.